The molecule has 0 N–H and O–H groups in total. The highest BCUT2D eigenvalue weighted by Crippen LogP contribution is 2.45. The van der Waals surface area contributed by atoms with Gasteiger partial charge in [0.1, 0.15) is 0 Å². The molecule has 0 fully saturated rings. The third kappa shape index (κ3) is 3.10. The van der Waals surface area contributed by atoms with Crippen LogP contribution in [-0.2, 0) is 6.42 Å². The average Bonchev–Trinajstić information content (AvgIpc) is 2.71. The first-order valence-corrected chi connectivity index (χ1v) is 10.6. The molecule has 5 rings (SSSR count). The van der Waals surface area contributed by atoms with Crippen LogP contribution in [0.15, 0.2) is 65.3 Å². The maximum atomic E-state index is 6.28. The number of fused-ring (bicyclic) bond motifs is 3. The maximum absolute atomic E-state index is 6.28. The molecular formula is C25H22Cl2. The summed E-state index contributed by atoms with van der Waals surface area (Å²) in [7, 11) is 0. The van der Waals surface area contributed by atoms with Crippen LogP contribution in [0.5, 0.6) is 0 Å². The first-order valence-electron chi connectivity index (χ1n) is 9.86. The van der Waals surface area contributed by atoms with Crippen LogP contribution in [0.4, 0.5) is 0 Å². The van der Waals surface area contributed by atoms with Gasteiger partial charge in [-0.05, 0) is 94.9 Å². The molecule has 2 heteroatoms. The summed E-state index contributed by atoms with van der Waals surface area (Å²) in [5, 5.41) is 4.13. The summed E-state index contributed by atoms with van der Waals surface area (Å²) in [6.07, 6.45) is 11.8. The van der Waals surface area contributed by atoms with Crippen molar-refractivity contribution in [1.29, 1.82) is 0 Å². The fraction of sp³-hybridized carbons (Fsp3) is 0.280. The highest BCUT2D eigenvalue weighted by Gasteiger charge is 2.31. The van der Waals surface area contributed by atoms with Gasteiger partial charge >= 0.3 is 0 Å². The molecule has 0 aromatic heterocycles. The topological polar surface area (TPSA) is 0 Å². The number of halogens is 2. The second kappa shape index (κ2) is 7.00. The predicted octanol–water partition coefficient (Wildman–Crippen LogP) is 6.00. The van der Waals surface area contributed by atoms with Gasteiger partial charge in [-0.25, -0.2) is 0 Å². The van der Waals surface area contributed by atoms with Gasteiger partial charge in [0.25, 0.3) is 0 Å². The normalized spacial score (nSPS) is 21.0. The second-order valence-corrected chi connectivity index (χ2v) is 8.65. The Balaban J connectivity index is 1.63. The summed E-state index contributed by atoms with van der Waals surface area (Å²) >= 11 is 12.4. The van der Waals surface area contributed by atoms with Crippen LogP contribution in [0.25, 0.3) is 11.6 Å². The zero-order valence-electron chi connectivity index (χ0n) is 15.3. The molecule has 1 unspecified atom stereocenters. The van der Waals surface area contributed by atoms with Crippen molar-refractivity contribution >= 4 is 34.9 Å². The van der Waals surface area contributed by atoms with Gasteiger partial charge in [0, 0.05) is 0 Å². The SMILES string of the molecule is Clc1ccc(CC2CC3=c4ccccc4=CCC3=C3CCCC=C32)cc1Cl. The monoisotopic (exact) mass is 392 g/mol. The van der Waals surface area contributed by atoms with E-state index in [1.807, 2.05) is 12.1 Å². The number of rotatable bonds is 2. The van der Waals surface area contributed by atoms with Crippen molar-refractivity contribution in [2.75, 3.05) is 0 Å². The summed E-state index contributed by atoms with van der Waals surface area (Å²) in [5.74, 6) is 0.530. The average molecular weight is 393 g/mol. The molecule has 0 saturated heterocycles. The zero-order valence-corrected chi connectivity index (χ0v) is 16.8. The number of allylic oxidation sites excluding steroid dienone is 4. The Kier molecular flexibility index (Phi) is 4.50. The van der Waals surface area contributed by atoms with Crippen LogP contribution in [-0.4, -0.2) is 0 Å². The van der Waals surface area contributed by atoms with Gasteiger partial charge in [-0.2, -0.15) is 0 Å². The fourth-order valence-corrected chi connectivity index (χ4v) is 5.34. The van der Waals surface area contributed by atoms with E-state index >= 15 is 0 Å². The minimum atomic E-state index is 0.530. The van der Waals surface area contributed by atoms with Gasteiger partial charge < -0.3 is 0 Å². The van der Waals surface area contributed by atoms with Crippen molar-refractivity contribution in [2.45, 2.75) is 38.5 Å². The first-order chi connectivity index (χ1) is 13.2. The molecule has 0 spiro atoms. The largest absolute Gasteiger partial charge is 0.0827 e. The van der Waals surface area contributed by atoms with Gasteiger partial charge in [0.2, 0.25) is 0 Å². The molecule has 1 atom stereocenters. The molecule has 136 valence electrons. The van der Waals surface area contributed by atoms with E-state index in [1.54, 1.807) is 22.3 Å². The lowest BCUT2D eigenvalue weighted by atomic mass is 9.69. The van der Waals surface area contributed by atoms with E-state index < -0.39 is 0 Å². The third-order valence-corrected chi connectivity index (χ3v) is 6.98. The molecule has 0 bridgehead atoms. The Morgan fingerprint density at radius 1 is 0.889 bits per heavy atom. The molecule has 2 aromatic carbocycles. The highest BCUT2D eigenvalue weighted by molar-refractivity contribution is 6.42. The van der Waals surface area contributed by atoms with Crippen molar-refractivity contribution in [3.8, 4) is 0 Å². The summed E-state index contributed by atoms with van der Waals surface area (Å²) in [5.41, 5.74) is 7.68. The maximum Gasteiger partial charge on any atom is 0.0595 e. The van der Waals surface area contributed by atoms with E-state index in [9.17, 15) is 0 Å². The number of benzene rings is 2. The Bertz CT molecular complexity index is 1100. The van der Waals surface area contributed by atoms with Gasteiger partial charge in [-0.1, -0.05) is 65.7 Å². The second-order valence-electron chi connectivity index (χ2n) is 7.84. The molecule has 0 heterocycles. The standard InChI is InChI=1S/C25H22Cl2/c26-24-12-9-16(14-25(24)27)13-18-15-23-19-6-2-1-5-17(19)10-11-22(23)21-8-4-3-7-20(18)21/h1-2,5-7,9-10,12,14,18H,3-4,8,11,13,15H2. The van der Waals surface area contributed by atoms with E-state index in [0.29, 0.717) is 16.0 Å². The van der Waals surface area contributed by atoms with E-state index in [0.717, 1.165) is 19.3 Å². The van der Waals surface area contributed by atoms with Crippen LogP contribution in [0.2, 0.25) is 10.0 Å². The molecule has 0 aliphatic heterocycles. The van der Waals surface area contributed by atoms with E-state index in [2.05, 4.69) is 42.5 Å². The Hall–Kier alpha value is -1.76. The van der Waals surface area contributed by atoms with Crippen molar-refractivity contribution < 1.29 is 0 Å². The fourth-order valence-electron chi connectivity index (χ4n) is 5.02. The quantitative estimate of drug-likeness (QED) is 0.587. The smallest absolute Gasteiger partial charge is 0.0595 e. The van der Waals surface area contributed by atoms with E-state index in [4.69, 9.17) is 23.2 Å². The minimum absolute atomic E-state index is 0.530. The molecule has 0 amide bonds. The summed E-state index contributed by atoms with van der Waals surface area (Å²) in [4.78, 5) is 0. The van der Waals surface area contributed by atoms with Crippen LogP contribution in [0, 0.1) is 5.92 Å². The van der Waals surface area contributed by atoms with Crippen LogP contribution >= 0.6 is 23.2 Å². The van der Waals surface area contributed by atoms with Crippen molar-refractivity contribution in [3.63, 3.8) is 0 Å². The molecule has 0 saturated carbocycles. The minimum Gasteiger partial charge on any atom is -0.0827 e. The van der Waals surface area contributed by atoms with Crippen molar-refractivity contribution in [2.24, 2.45) is 5.92 Å². The molecule has 3 aliphatic rings. The highest BCUT2D eigenvalue weighted by atomic mass is 35.5. The predicted molar refractivity (Wildman–Crippen MR) is 115 cm³/mol. The summed E-state index contributed by atoms with van der Waals surface area (Å²) in [6.45, 7) is 0. The Labute approximate surface area is 170 Å². The van der Waals surface area contributed by atoms with Crippen LogP contribution in [0.1, 0.15) is 37.7 Å². The van der Waals surface area contributed by atoms with Gasteiger partial charge in [-0.15, -0.1) is 0 Å². The molecule has 0 radical (unpaired) electrons. The van der Waals surface area contributed by atoms with Gasteiger partial charge in [-0.3, -0.25) is 0 Å². The lowest BCUT2D eigenvalue weighted by Gasteiger charge is -2.36. The molecular weight excluding hydrogens is 371 g/mol. The summed E-state index contributed by atoms with van der Waals surface area (Å²) < 4.78 is 0. The molecule has 2 aromatic rings. The lowest BCUT2D eigenvalue weighted by molar-refractivity contribution is 0.587. The van der Waals surface area contributed by atoms with Crippen LogP contribution < -0.4 is 10.4 Å². The number of hydrogen-bond acceptors (Lipinski definition) is 0. The summed E-state index contributed by atoms with van der Waals surface area (Å²) in [6, 6.07) is 15.0. The zero-order chi connectivity index (χ0) is 18.4. The van der Waals surface area contributed by atoms with Crippen LogP contribution in [0.3, 0.4) is 0 Å². The van der Waals surface area contributed by atoms with Crippen molar-refractivity contribution in [3.05, 3.63) is 91.3 Å². The molecule has 3 aliphatic carbocycles. The number of hydrogen-bond donors (Lipinski definition) is 0. The first kappa shape index (κ1) is 17.3. The Morgan fingerprint density at radius 3 is 2.67 bits per heavy atom. The third-order valence-electron chi connectivity index (χ3n) is 6.24. The molecule has 27 heavy (non-hydrogen) atoms. The van der Waals surface area contributed by atoms with E-state index in [-0.39, 0.29) is 0 Å². The Morgan fingerprint density at radius 2 is 1.78 bits per heavy atom. The van der Waals surface area contributed by atoms with Gasteiger partial charge in [0.15, 0.2) is 0 Å². The van der Waals surface area contributed by atoms with E-state index in [1.165, 1.54) is 35.3 Å². The van der Waals surface area contributed by atoms with Crippen molar-refractivity contribution in [1.82, 2.24) is 0 Å². The lowest BCUT2D eigenvalue weighted by Crippen LogP contribution is -2.33. The molecule has 0 nitrogen and oxygen atoms in total. The van der Waals surface area contributed by atoms with Gasteiger partial charge in [0.05, 0.1) is 10.0 Å².